The van der Waals surface area contributed by atoms with Gasteiger partial charge in [0.1, 0.15) is 0 Å². The molecule has 0 saturated heterocycles. The smallest absolute Gasteiger partial charge is 0.172 e. The van der Waals surface area contributed by atoms with E-state index in [4.69, 9.17) is 0 Å². The van der Waals surface area contributed by atoms with Crippen molar-refractivity contribution in [2.45, 2.75) is 37.9 Å². The Morgan fingerprint density at radius 3 is 2.71 bits per heavy atom. The van der Waals surface area contributed by atoms with Gasteiger partial charge >= 0.3 is 0 Å². The zero-order valence-electron chi connectivity index (χ0n) is 8.61. The first-order valence-corrected chi connectivity index (χ1v) is 7.93. The topological polar surface area (TPSA) is 34.1 Å². The molecule has 1 atom stereocenters. The van der Waals surface area contributed by atoms with Crippen LogP contribution in [0.1, 0.15) is 32.6 Å². The van der Waals surface area contributed by atoms with Crippen LogP contribution in [0.2, 0.25) is 0 Å². The lowest BCUT2D eigenvalue weighted by molar-refractivity contribution is 0.606. The number of sulfone groups is 1. The van der Waals surface area contributed by atoms with Crippen LogP contribution in [0, 0.1) is 0 Å². The minimum atomic E-state index is -2.84. The highest BCUT2D eigenvalue weighted by molar-refractivity contribution is 8.02. The summed E-state index contributed by atoms with van der Waals surface area (Å²) in [6, 6.07) is 0. The van der Waals surface area contributed by atoms with Crippen LogP contribution in [0.5, 0.6) is 0 Å². The molecule has 2 nitrogen and oxygen atoms in total. The highest BCUT2D eigenvalue weighted by Crippen LogP contribution is 2.22. The number of unbranched alkanes of at least 4 members (excludes halogenated alkanes) is 3. The monoisotopic (exact) mass is 234 g/mol. The van der Waals surface area contributed by atoms with Crippen LogP contribution in [0.25, 0.3) is 0 Å². The molecule has 0 amide bonds. The Bertz CT molecular complexity index is 280. The van der Waals surface area contributed by atoms with Gasteiger partial charge in [-0.25, -0.2) is 8.42 Å². The Morgan fingerprint density at radius 2 is 2.14 bits per heavy atom. The molecule has 1 rings (SSSR count). The molecule has 0 unspecified atom stereocenters. The maximum absolute atomic E-state index is 11.1. The van der Waals surface area contributed by atoms with Crippen LogP contribution < -0.4 is 0 Å². The number of hydrogen-bond donors (Lipinski definition) is 0. The maximum Gasteiger partial charge on any atom is 0.172 e. The summed E-state index contributed by atoms with van der Waals surface area (Å²) in [5.41, 5.74) is 0. The van der Waals surface area contributed by atoms with Crippen molar-refractivity contribution < 1.29 is 8.42 Å². The fourth-order valence-electron chi connectivity index (χ4n) is 1.41. The lowest BCUT2D eigenvalue weighted by Crippen LogP contribution is -2.07. The van der Waals surface area contributed by atoms with Crippen LogP contribution in [0.4, 0.5) is 0 Å². The van der Waals surface area contributed by atoms with E-state index in [1.807, 2.05) is 6.08 Å². The molecule has 0 spiro atoms. The SMILES string of the molecule is CCCCCCS[C@H]1C=CS(=O)(=O)C1. The van der Waals surface area contributed by atoms with Gasteiger partial charge in [-0.05, 0) is 12.2 Å². The van der Waals surface area contributed by atoms with Gasteiger partial charge in [-0.1, -0.05) is 32.3 Å². The third kappa shape index (κ3) is 4.51. The van der Waals surface area contributed by atoms with Gasteiger partial charge in [0.2, 0.25) is 0 Å². The predicted octanol–water partition coefficient (Wildman–Crippen LogP) is 2.61. The van der Waals surface area contributed by atoms with Gasteiger partial charge in [-0.3, -0.25) is 0 Å². The zero-order chi connectivity index (χ0) is 10.4. The molecule has 0 radical (unpaired) electrons. The first-order chi connectivity index (χ1) is 6.64. The van der Waals surface area contributed by atoms with Crippen molar-refractivity contribution in [1.82, 2.24) is 0 Å². The first kappa shape index (κ1) is 12.1. The highest BCUT2D eigenvalue weighted by Gasteiger charge is 2.21. The fraction of sp³-hybridized carbons (Fsp3) is 0.800. The second-order valence-electron chi connectivity index (χ2n) is 3.63. The minimum Gasteiger partial charge on any atom is -0.224 e. The number of hydrogen-bond acceptors (Lipinski definition) is 3. The second kappa shape index (κ2) is 5.81. The van der Waals surface area contributed by atoms with Crippen molar-refractivity contribution in [1.29, 1.82) is 0 Å². The molecule has 0 aromatic carbocycles. The molecule has 0 bridgehead atoms. The summed E-state index contributed by atoms with van der Waals surface area (Å²) < 4.78 is 22.2. The van der Waals surface area contributed by atoms with Crippen molar-refractivity contribution in [3.63, 3.8) is 0 Å². The third-order valence-electron chi connectivity index (χ3n) is 2.23. The summed E-state index contributed by atoms with van der Waals surface area (Å²) >= 11 is 1.77. The van der Waals surface area contributed by atoms with Crippen molar-refractivity contribution in [3.05, 3.63) is 11.5 Å². The summed E-state index contributed by atoms with van der Waals surface area (Å²) in [5.74, 6) is 1.40. The summed E-state index contributed by atoms with van der Waals surface area (Å²) in [6.07, 6.45) is 6.84. The van der Waals surface area contributed by atoms with Crippen LogP contribution in [-0.2, 0) is 9.84 Å². The van der Waals surface area contributed by atoms with Crippen LogP contribution in [0.15, 0.2) is 11.5 Å². The molecule has 0 aromatic rings. The summed E-state index contributed by atoms with van der Waals surface area (Å²) in [7, 11) is -2.84. The molecule has 0 saturated carbocycles. The Hall–Kier alpha value is 0.0400. The van der Waals surface area contributed by atoms with E-state index in [-0.39, 0.29) is 5.25 Å². The Kier molecular flexibility index (Phi) is 5.02. The van der Waals surface area contributed by atoms with E-state index in [1.165, 1.54) is 31.1 Å². The van der Waals surface area contributed by atoms with E-state index >= 15 is 0 Å². The van der Waals surface area contributed by atoms with Crippen LogP contribution in [0.3, 0.4) is 0 Å². The van der Waals surface area contributed by atoms with Gasteiger partial charge < -0.3 is 0 Å². The van der Waals surface area contributed by atoms with Gasteiger partial charge in [0.05, 0.1) is 5.75 Å². The van der Waals surface area contributed by atoms with Gasteiger partial charge in [-0.2, -0.15) is 11.8 Å². The highest BCUT2D eigenvalue weighted by atomic mass is 32.2. The number of rotatable bonds is 6. The summed E-state index contributed by atoms with van der Waals surface area (Å²) in [5, 5.41) is 1.57. The van der Waals surface area contributed by atoms with Gasteiger partial charge in [0.15, 0.2) is 9.84 Å². The maximum atomic E-state index is 11.1. The lowest BCUT2D eigenvalue weighted by Gasteiger charge is -2.05. The van der Waals surface area contributed by atoms with Gasteiger partial charge in [-0.15, -0.1) is 0 Å². The van der Waals surface area contributed by atoms with E-state index in [1.54, 1.807) is 11.8 Å². The predicted molar refractivity (Wildman–Crippen MR) is 63.3 cm³/mol. The van der Waals surface area contributed by atoms with E-state index in [0.717, 1.165) is 5.75 Å². The van der Waals surface area contributed by atoms with E-state index < -0.39 is 9.84 Å². The zero-order valence-corrected chi connectivity index (χ0v) is 10.2. The van der Waals surface area contributed by atoms with Crippen molar-refractivity contribution in [3.8, 4) is 0 Å². The van der Waals surface area contributed by atoms with Gasteiger partial charge in [0, 0.05) is 10.7 Å². The summed E-state index contributed by atoms with van der Waals surface area (Å²) in [6.45, 7) is 2.19. The first-order valence-electron chi connectivity index (χ1n) is 5.16. The molecule has 82 valence electrons. The van der Waals surface area contributed by atoms with Crippen LogP contribution >= 0.6 is 11.8 Å². The number of thioether (sulfide) groups is 1. The Labute approximate surface area is 91.1 Å². The molecule has 4 heteroatoms. The van der Waals surface area contributed by atoms with E-state index in [9.17, 15) is 8.42 Å². The van der Waals surface area contributed by atoms with Crippen molar-refractivity contribution in [2.24, 2.45) is 0 Å². The molecule has 0 fully saturated rings. The Balaban J connectivity index is 2.07. The lowest BCUT2D eigenvalue weighted by atomic mass is 10.2. The summed E-state index contributed by atoms with van der Waals surface area (Å²) in [4.78, 5) is 0. The van der Waals surface area contributed by atoms with Crippen LogP contribution in [-0.4, -0.2) is 25.2 Å². The largest absolute Gasteiger partial charge is 0.224 e. The molecular weight excluding hydrogens is 216 g/mol. The molecule has 1 heterocycles. The molecule has 0 N–H and O–H groups in total. The van der Waals surface area contributed by atoms with Crippen molar-refractivity contribution >= 4 is 21.6 Å². The molecular formula is C10H18O2S2. The molecule has 1 aliphatic rings. The van der Waals surface area contributed by atoms with Crippen molar-refractivity contribution in [2.75, 3.05) is 11.5 Å². The molecule has 14 heavy (non-hydrogen) atoms. The third-order valence-corrected chi connectivity index (χ3v) is 5.11. The average Bonchev–Trinajstić information content (AvgIpc) is 2.45. The Morgan fingerprint density at radius 1 is 1.36 bits per heavy atom. The second-order valence-corrected chi connectivity index (χ2v) is 6.91. The van der Waals surface area contributed by atoms with E-state index in [2.05, 4.69) is 6.92 Å². The minimum absolute atomic E-state index is 0.210. The standard InChI is InChI=1S/C10H18O2S2/c1-2-3-4-5-7-13-10-6-8-14(11,12)9-10/h6,8,10H,2-5,7,9H2,1H3/t10-/m0/s1. The van der Waals surface area contributed by atoms with E-state index in [0.29, 0.717) is 5.75 Å². The quantitative estimate of drug-likeness (QED) is 0.663. The van der Waals surface area contributed by atoms with Gasteiger partial charge in [0.25, 0.3) is 0 Å². The average molecular weight is 234 g/mol. The fourth-order valence-corrected chi connectivity index (χ4v) is 4.44. The molecule has 0 aliphatic carbocycles. The normalized spacial score (nSPS) is 24.2. The molecule has 0 aromatic heterocycles. The molecule has 1 aliphatic heterocycles.